The van der Waals surface area contributed by atoms with E-state index in [2.05, 4.69) is 20.5 Å². The highest BCUT2D eigenvalue weighted by Crippen LogP contribution is 2.25. The molecule has 0 amide bonds. The number of nitrogens with one attached hydrogen (secondary N) is 2. The van der Waals surface area contributed by atoms with Crippen LogP contribution >= 0.6 is 0 Å². The van der Waals surface area contributed by atoms with E-state index in [1.165, 1.54) is 18.3 Å². The van der Waals surface area contributed by atoms with Crippen LogP contribution in [0.15, 0.2) is 42.7 Å². The van der Waals surface area contributed by atoms with Gasteiger partial charge in [0.15, 0.2) is 0 Å². The number of pyridine rings is 1. The number of aromatic amines is 1. The van der Waals surface area contributed by atoms with E-state index in [9.17, 15) is 10.1 Å². The molecule has 0 aliphatic carbocycles. The van der Waals surface area contributed by atoms with Crippen molar-refractivity contribution in [3.05, 3.63) is 52.8 Å². The zero-order valence-corrected chi connectivity index (χ0v) is 9.70. The fourth-order valence-electron chi connectivity index (χ4n) is 1.79. The number of nitrogens with zero attached hydrogens (tertiary/aromatic N) is 3. The average molecular weight is 255 g/mol. The Hall–Kier alpha value is -2.96. The summed E-state index contributed by atoms with van der Waals surface area (Å²) in [6.45, 7) is 0. The summed E-state index contributed by atoms with van der Waals surface area (Å²) in [6, 6.07) is 8.44. The van der Waals surface area contributed by atoms with Gasteiger partial charge in [-0.2, -0.15) is 5.10 Å². The fourth-order valence-corrected chi connectivity index (χ4v) is 1.79. The number of fused-ring (bicyclic) bond motifs is 1. The topological polar surface area (TPSA) is 96.7 Å². The van der Waals surface area contributed by atoms with Crippen molar-refractivity contribution in [1.29, 1.82) is 0 Å². The summed E-state index contributed by atoms with van der Waals surface area (Å²) in [5.41, 5.74) is 1.49. The number of benzene rings is 1. The van der Waals surface area contributed by atoms with Crippen LogP contribution in [0.1, 0.15) is 0 Å². The molecule has 0 unspecified atom stereocenters. The van der Waals surface area contributed by atoms with Crippen LogP contribution in [0.5, 0.6) is 0 Å². The van der Waals surface area contributed by atoms with Crippen molar-refractivity contribution < 1.29 is 4.92 Å². The third-order valence-electron chi connectivity index (χ3n) is 2.69. The number of nitro groups is 1. The average Bonchev–Trinajstić information content (AvgIpc) is 2.86. The minimum absolute atomic E-state index is 0.0628. The maximum absolute atomic E-state index is 10.9. The first-order valence-electron chi connectivity index (χ1n) is 5.53. The van der Waals surface area contributed by atoms with Gasteiger partial charge in [-0.15, -0.1) is 0 Å². The van der Waals surface area contributed by atoms with E-state index < -0.39 is 4.92 Å². The first-order chi connectivity index (χ1) is 9.24. The molecule has 0 saturated carbocycles. The van der Waals surface area contributed by atoms with Crippen LogP contribution in [-0.4, -0.2) is 20.1 Å². The van der Waals surface area contributed by atoms with Crippen LogP contribution in [-0.2, 0) is 0 Å². The number of anilines is 2. The number of rotatable bonds is 3. The standard InChI is InChI=1S/C12H9N5O2/c18-17(19)11-2-1-5-13-12(11)15-9-4-3-8-7-14-16-10(8)6-9/h1-7H,(H,13,15)(H,14,16). The molecule has 0 radical (unpaired) electrons. The predicted molar refractivity (Wildman–Crippen MR) is 70.3 cm³/mol. The van der Waals surface area contributed by atoms with Crippen molar-refractivity contribution in [2.45, 2.75) is 0 Å². The van der Waals surface area contributed by atoms with Gasteiger partial charge in [-0.3, -0.25) is 15.2 Å². The van der Waals surface area contributed by atoms with Crippen molar-refractivity contribution in [1.82, 2.24) is 15.2 Å². The lowest BCUT2D eigenvalue weighted by molar-refractivity contribution is -0.384. The van der Waals surface area contributed by atoms with E-state index in [1.54, 1.807) is 6.20 Å². The molecule has 0 saturated heterocycles. The van der Waals surface area contributed by atoms with Gasteiger partial charge in [0.2, 0.25) is 5.82 Å². The summed E-state index contributed by atoms with van der Waals surface area (Å²) >= 11 is 0. The molecule has 3 aromatic rings. The summed E-state index contributed by atoms with van der Waals surface area (Å²) < 4.78 is 0. The Morgan fingerprint density at radius 1 is 1.32 bits per heavy atom. The van der Waals surface area contributed by atoms with Gasteiger partial charge < -0.3 is 5.32 Å². The molecule has 7 nitrogen and oxygen atoms in total. The second-order valence-corrected chi connectivity index (χ2v) is 3.93. The highest BCUT2D eigenvalue weighted by atomic mass is 16.6. The van der Waals surface area contributed by atoms with E-state index >= 15 is 0 Å². The summed E-state index contributed by atoms with van der Waals surface area (Å²) in [7, 11) is 0. The Labute approximate surface area is 107 Å². The largest absolute Gasteiger partial charge is 0.334 e. The molecule has 19 heavy (non-hydrogen) atoms. The Morgan fingerprint density at radius 2 is 2.21 bits per heavy atom. The van der Waals surface area contributed by atoms with Gasteiger partial charge in [-0.05, 0) is 24.3 Å². The minimum atomic E-state index is -0.468. The Kier molecular flexibility index (Phi) is 2.57. The molecular weight excluding hydrogens is 246 g/mol. The molecule has 2 aromatic heterocycles. The van der Waals surface area contributed by atoms with E-state index in [4.69, 9.17) is 0 Å². The molecular formula is C12H9N5O2. The maximum Gasteiger partial charge on any atom is 0.311 e. The van der Waals surface area contributed by atoms with Crippen molar-refractivity contribution in [2.75, 3.05) is 5.32 Å². The van der Waals surface area contributed by atoms with E-state index in [1.807, 2.05) is 18.2 Å². The summed E-state index contributed by atoms with van der Waals surface area (Å²) in [5, 5.41) is 21.6. The van der Waals surface area contributed by atoms with Crippen LogP contribution in [0.4, 0.5) is 17.2 Å². The molecule has 2 N–H and O–H groups in total. The fraction of sp³-hybridized carbons (Fsp3) is 0. The minimum Gasteiger partial charge on any atom is -0.334 e. The number of aromatic nitrogens is 3. The van der Waals surface area contributed by atoms with Gasteiger partial charge in [0.1, 0.15) is 0 Å². The van der Waals surface area contributed by atoms with Crippen LogP contribution in [0.3, 0.4) is 0 Å². The molecule has 2 heterocycles. The van der Waals surface area contributed by atoms with Crippen LogP contribution in [0.25, 0.3) is 10.9 Å². The van der Waals surface area contributed by atoms with Gasteiger partial charge in [0.25, 0.3) is 0 Å². The Balaban J connectivity index is 1.98. The van der Waals surface area contributed by atoms with Gasteiger partial charge in [0, 0.05) is 23.3 Å². The Morgan fingerprint density at radius 3 is 3.05 bits per heavy atom. The number of hydrogen-bond donors (Lipinski definition) is 2. The van der Waals surface area contributed by atoms with E-state index in [0.29, 0.717) is 5.69 Å². The van der Waals surface area contributed by atoms with Crippen molar-refractivity contribution in [3.8, 4) is 0 Å². The second kappa shape index (κ2) is 4.37. The Bertz CT molecular complexity index is 752. The third-order valence-corrected chi connectivity index (χ3v) is 2.69. The molecule has 0 aliphatic rings. The van der Waals surface area contributed by atoms with Gasteiger partial charge in [0.05, 0.1) is 16.6 Å². The molecule has 0 spiro atoms. The SMILES string of the molecule is O=[N+]([O-])c1cccnc1Nc1ccc2cn[nH]c2c1. The lowest BCUT2D eigenvalue weighted by Crippen LogP contribution is -1.98. The molecule has 0 fully saturated rings. The summed E-state index contributed by atoms with van der Waals surface area (Å²) in [4.78, 5) is 14.4. The summed E-state index contributed by atoms with van der Waals surface area (Å²) in [6.07, 6.45) is 3.21. The monoisotopic (exact) mass is 255 g/mol. The maximum atomic E-state index is 10.9. The molecule has 1 aromatic carbocycles. The molecule has 0 atom stereocenters. The third kappa shape index (κ3) is 2.08. The van der Waals surface area contributed by atoms with E-state index in [-0.39, 0.29) is 11.5 Å². The van der Waals surface area contributed by atoms with Gasteiger partial charge in [-0.1, -0.05) is 0 Å². The second-order valence-electron chi connectivity index (χ2n) is 3.93. The molecule has 7 heteroatoms. The zero-order chi connectivity index (χ0) is 13.2. The molecule has 3 rings (SSSR count). The lowest BCUT2D eigenvalue weighted by Gasteiger charge is -2.05. The quantitative estimate of drug-likeness (QED) is 0.553. The first kappa shape index (κ1) is 11.1. The lowest BCUT2D eigenvalue weighted by atomic mass is 10.2. The van der Waals surface area contributed by atoms with Crippen LogP contribution < -0.4 is 5.32 Å². The van der Waals surface area contributed by atoms with Crippen LogP contribution in [0, 0.1) is 10.1 Å². The van der Waals surface area contributed by atoms with E-state index in [0.717, 1.165) is 10.9 Å². The molecule has 94 valence electrons. The smallest absolute Gasteiger partial charge is 0.311 e. The first-order valence-corrected chi connectivity index (χ1v) is 5.53. The summed E-state index contributed by atoms with van der Waals surface area (Å²) in [5.74, 6) is 0.214. The molecule has 0 aliphatic heterocycles. The normalized spacial score (nSPS) is 10.5. The zero-order valence-electron chi connectivity index (χ0n) is 9.70. The van der Waals surface area contributed by atoms with Crippen LogP contribution in [0.2, 0.25) is 0 Å². The van der Waals surface area contributed by atoms with Crippen molar-refractivity contribution in [2.24, 2.45) is 0 Å². The van der Waals surface area contributed by atoms with Gasteiger partial charge in [-0.25, -0.2) is 4.98 Å². The molecule has 0 bridgehead atoms. The highest BCUT2D eigenvalue weighted by Gasteiger charge is 2.14. The van der Waals surface area contributed by atoms with Crippen molar-refractivity contribution >= 4 is 28.1 Å². The number of hydrogen-bond acceptors (Lipinski definition) is 5. The van der Waals surface area contributed by atoms with Gasteiger partial charge >= 0.3 is 5.69 Å². The highest BCUT2D eigenvalue weighted by molar-refractivity contribution is 5.83. The number of H-pyrrole nitrogens is 1. The van der Waals surface area contributed by atoms with Crippen molar-refractivity contribution in [3.63, 3.8) is 0 Å². The predicted octanol–water partition coefficient (Wildman–Crippen LogP) is 2.61.